The average molecular weight is 434 g/mol. The Bertz CT molecular complexity index is 1060. The maximum atomic E-state index is 12.4. The highest BCUT2D eigenvalue weighted by atomic mass is 16.5. The molecule has 0 aromatic heterocycles. The second kappa shape index (κ2) is 8.49. The highest BCUT2D eigenvalue weighted by Crippen LogP contribution is 2.44. The Labute approximate surface area is 186 Å². The standard InChI is InChI=1S/C25H26N2O5/c1-16(22(28)27-14-25(2,15-27)23(29)30)11-12-26-24(31)32-13-21-19-9-5-3-7-17(19)18-8-4-6-10-20(18)21/h3-11,21H,12-15H2,1-2H3,(H,26,31)(H,29,30)/b16-11+. The largest absolute Gasteiger partial charge is 0.481 e. The Balaban J connectivity index is 1.28. The SMILES string of the molecule is C/C(=C\CNC(=O)OCC1c2ccccc2-c2ccccc21)C(=O)N1CC(C)(C(=O)O)C1. The quantitative estimate of drug-likeness (QED) is 0.680. The van der Waals surface area contributed by atoms with Crippen molar-refractivity contribution in [1.82, 2.24) is 10.2 Å². The van der Waals surface area contributed by atoms with E-state index in [1.54, 1.807) is 19.9 Å². The van der Waals surface area contributed by atoms with E-state index in [2.05, 4.69) is 29.6 Å². The smallest absolute Gasteiger partial charge is 0.407 e. The fraction of sp³-hybridized carbons (Fsp3) is 0.320. The van der Waals surface area contributed by atoms with E-state index in [0.717, 1.165) is 11.1 Å². The molecule has 1 saturated heterocycles. The molecule has 0 saturated carbocycles. The van der Waals surface area contributed by atoms with E-state index in [1.807, 2.05) is 24.3 Å². The lowest BCUT2D eigenvalue weighted by Crippen LogP contribution is -2.60. The van der Waals surface area contributed by atoms with E-state index in [1.165, 1.54) is 16.0 Å². The monoisotopic (exact) mass is 434 g/mol. The van der Waals surface area contributed by atoms with Gasteiger partial charge in [0.2, 0.25) is 5.91 Å². The summed E-state index contributed by atoms with van der Waals surface area (Å²) in [7, 11) is 0. The van der Waals surface area contributed by atoms with Gasteiger partial charge in [-0.3, -0.25) is 9.59 Å². The lowest BCUT2D eigenvalue weighted by Gasteiger charge is -2.45. The Hall–Kier alpha value is -3.61. The van der Waals surface area contributed by atoms with Crippen molar-refractivity contribution in [2.45, 2.75) is 19.8 Å². The summed E-state index contributed by atoms with van der Waals surface area (Å²) in [6.45, 7) is 4.02. The van der Waals surface area contributed by atoms with Gasteiger partial charge in [0.05, 0.1) is 0 Å². The van der Waals surface area contributed by atoms with E-state index in [4.69, 9.17) is 9.84 Å². The number of hydrogen-bond donors (Lipinski definition) is 2. The first-order valence-electron chi connectivity index (χ1n) is 10.6. The molecule has 0 atom stereocenters. The van der Waals surface area contributed by atoms with Gasteiger partial charge in [0.15, 0.2) is 0 Å². The Morgan fingerprint density at radius 3 is 2.22 bits per heavy atom. The molecule has 0 spiro atoms. The Morgan fingerprint density at radius 1 is 1.09 bits per heavy atom. The molecule has 7 nitrogen and oxygen atoms in total. The van der Waals surface area contributed by atoms with Crippen molar-refractivity contribution in [2.75, 3.05) is 26.2 Å². The zero-order chi connectivity index (χ0) is 22.9. The second-order valence-electron chi connectivity index (χ2n) is 8.62. The predicted octanol–water partition coefficient (Wildman–Crippen LogP) is 3.40. The normalized spacial score (nSPS) is 16.6. The average Bonchev–Trinajstić information content (AvgIpc) is 3.08. The number of amides is 2. The molecular formula is C25H26N2O5. The number of alkyl carbamates (subject to hydrolysis) is 1. The van der Waals surface area contributed by atoms with Crippen LogP contribution in [0.5, 0.6) is 0 Å². The number of nitrogens with zero attached hydrogens (tertiary/aromatic N) is 1. The van der Waals surface area contributed by atoms with Crippen molar-refractivity contribution in [3.05, 3.63) is 71.3 Å². The number of hydrogen-bond acceptors (Lipinski definition) is 4. The van der Waals surface area contributed by atoms with E-state index >= 15 is 0 Å². The molecule has 166 valence electrons. The molecule has 4 rings (SSSR count). The topological polar surface area (TPSA) is 95.9 Å². The molecule has 2 aromatic rings. The molecule has 0 radical (unpaired) electrons. The molecule has 1 aliphatic heterocycles. The first kappa shape index (κ1) is 21.6. The maximum absolute atomic E-state index is 12.4. The summed E-state index contributed by atoms with van der Waals surface area (Å²) in [6, 6.07) is 16.3. The first-order chi connectivity index (χ1) is 15.3. The highest BCUT2D eigenvalue weighted by Gasteiger charge is 2.47. The van der Waals surface area contributed by atoms with Crippen LogP contribution in [0.1, 0.15) is 30.9 Å². The third kappa shape index (κ3) is 3.98. The number of carboxylic acid groups (broad SMARTS) is 1. The Morgan fingerprint density at radius 2 is 1.66 bits per heavy atom. The lowest BCUT2D eigenvalue weighted by molar-refractivity contribution is -0.162. The third-order valence-corrected chi connectivity index (χ3v) is 6.22. The van der Waals surface area contributed by atoms with Gasteiger partial charge in [0.1, 0.15) is 12.0 Å². The fourth-order valence-corrected chi connectivity index (χ4v) is 4.35. The number of rotatable bonds is 6. The minimum absolute atomic E-state index is 0.0121. The highest BCUT2D eigenvalue weighted by molar-refractivity contribution is 5.95. The van der Waals surface area contributed by atoms with Crippen LogP contribution in [0.3, 0.4) is 0 Å². The van der Waals surface area contributed by atoms with Gasteiger partial charge in [-0.2, -0.15) is 0 Å². The lowest BCUT2D eigenvalue weighted by atomic mass is 9.82. The number of aliphatic carboxylic acids is 1. The molecule has 2 aromatic carbocycles. The van der Waals surface area contributed by atoms with Crippen LogP contribution >= 0.6 is 0 Å². The van der Waals surface area contributed by atoms with Gasteiger partial charge in [-0.15, -0.1) is 0 Å². The summed E-state index contributed by atoms with van der Waals surface area (Å²) < 4.78 is 5.48. The van der Waals surface area contributed by atoms with Crippen LogP contribution in [0.4, 0.5) is 4.79 Å². The van der Waals surface area contributed by atoms with E-state index in [-0.39, 0.29) is 38.1 Å². The van der Waals surface area contributed by atoms with Crippen LogP contribution in [0.2, 0.25) is 0 Å². The predicted molar refractivity (Wildman–Crippen MR) is 119 cm³/mol. The molecule has 1 fully saturated rings. The van der Waals surface area contributed by atoms with Crippen molar-refractivity contribution >= 4 is 18.0 Å². The third-order valence-electron chi connectivity index (χ3n) is 6.22. The van der Waals surface area contributed by atoms with Gasteiger partial charge in [0, 0.05) is 31.1 Å². The Kier molecular flexibility index (Phi) is 5.74. The van der Waals surface area contributed by atoms with E-state index in [9.17, 15) is 14.4 Å². The zero-order valence-electron chi connectivity index (χ0n) is 18.1. The summed E-state index contributed by atoms with van der Waals surface area (Å²) in [5, 5.41) is 11.8. The fourth-order valence-electron chi connectivity index (χ4n) is 4.35. The zero-order valence-corrected chi connectivity index (χ0v) is 18.1. The van der Waals surface area contributed by atoms with Crippen molar-refractivity contribution in [2.24, 2.45) is 5.41 Å². The van der Waals surface area contributed by atoms with Crippen molar-refractivity contribution < 1.29 is 24.2 Å². The molecule has 2 aliphatic rings. The molecule has 0 bridgehead atoms. The van der Waals surface area contributed by atoms with Gasteiger partial charge < -0.3 is 20.1 Å². The molecule has 7 heteroatoms. The summed E-state index contributed by atoms with van der Waals surface area (Å²) in [6.07, 6.45) is 1.06. The molecule has 0 unspecified atom stereocenters. The van der Waals surface area contributed by atoms with Gasteiger partial charge in [-0.1, -0.05) is 54.6 Å². The number of carboxylic acids is 1. The van der Waals surface area contributed by atoms with Crippen molar-refractivity contribution in [1.29, 1.82) is 0 Å². The van der Waals surface area contributed by atoms with Crippen LogP contribution in [-0.2, 0) is 14.3 Å². The van der Waals surface area contributed by atoms with Crippen LogP contribution in [0, 0.1) is 5.41 Å². The summed E-state index contributed by atoms with van der Waals surface area (Å²) in [5.74, 6) is -1.14. The minimum atomic E-state index is -0.903. The number of fused-ring (bicyclic) bond motifs is 3. The van der Waals surface area contributed by atoms with Crippen LogP contribution in [-0.4, -0.2) is 54.2 Å². The minimum Gasteiger partial charge on any atom is -0.481 e. The number of carbonyl (C=O) groups is 3. The van der Waals surface area contributed by atoms with Crippen molar-refractivity contribution in [3.8, 4) is 11.1 Å². The number of benzene rings is 2. The summed E-state index contributed by atoms with van der Waals surface area (Å²) in [4.78, 5) is 37.2. The number of ether oxygens (including phenoxy) is 1. The number of carbonyl (C=O) groups excluding carboxylic acids is 2. The van der Waals surface area contributed by atoms with Gasteiger partial charge in [-0.25, -0.2) is 4.79 Å². The maximum Gasteiger partial charge on any atom is 0.407 e. The van der Waals surface area contributed by atoms with Crippen LogP contribution in [0.25, 0.3) is 11.1 Å². The van der Waals surface area contributed by atoms with Gasteiger partial charge in [0.25, 0.3) is 0 Å². The molecule has 32 heavy (non-hydrogen) atoms. The van der Waals surface area contributed by atoms with Gasteiger partial charge >= 0.3 is 12.1 Å². The number of likely N-dealkylation sites (tertiary alicyclic amines) is 1. The van der Waals surface area contributed by atoms with Crippen LogP contribution in [0.15, 0.2) is 60.2 Å². The molecule has 1 aliphatic carbocycles. The van der Waals surface area contributed by atoms with Crippen LogP contribution < -0.4 is 5.32 Å². The molecule has 2 N–H and O–H groups in total. The van der Waals surface area contributed by atoms with Crippen molar-refractivity contribution in [3.63, 3.8) is 0 Å². The summed E-state index contributed by atoms with van der Waals surface area (Å²) in [5.41, 5.74) is 4.20. The van der Waals surface area contributed by atoms with Gasteiger partial charge in [-0.05, 0) is 36.1 Å². The molecular weight excluding hydrogens is 408 g/mol. The molecule has 1 heterocycles. The second-order valence-corrected chi connectivity index (χ2v) is 8.62. The first-order valence-corrected chi connectivity index (χ1v) is 10.6. The number of nitrogens with one attached hydrogen (secondary N) is 1. The van der Waals surface area contributed by atoms with E-state index < -0.39 is 17.5 Å². The summed E-state index contributed by atoms with van der Waals surface area (Å²) >= 11 is 0. The molecule has 2 amide bonds. The van der Waals surface area contributed by atoms with E-state index in [0.29, 0.717) is 5.57 Å².